The second-order valence-electron chi connectivity index (χ2n) is 6.20. The van der Waals surface area contributed by atoms with Crippen molar-refractivity contribution in [3.63, 3.8) is 0 Å². The number of halogens is 1. The SMILES string of the molecule is O=C(CSc1nnc(NC(=O)c2cccc3ccccc23)s1)Nc1ccc(Br)cc1. The third-order valence-corrected chi connectivity index (χ3v) is 6.62. The molecule has 1 aromatic heterocycles. The van der Waals surface area contributed by atoms with Gasteiger partial charge < -0.3 is 5.32 Å². The minimum atomic E-state index is -0.243. The average Bonchev–Trinajstić information content (AvgIpc) is 3.21. The minimum absolute atomic E-state index is 0.140. The minimum Gasteiger partial charge on any atom is -0.325 e. The summed E-state index contributed by atoms with van der Waals surface area (Å²) in [5, 5.41) is 15.9. The lowest BCUT2D eigenvalue weighted by atomic mass is 10.0. The molecule has 0 aliphatic rings. The van der Waals surface area contributed by atoms with Crippen LogP contribution >= 0.6 is 39.0 Å². The first kappa shape index (κ1) is 20.5. The number of anilines is 2. The predicted octanol–water partition coefficient (Wildman–Crippen LogP) is 5.44. The zero-order chi connectivity index (χ0) is 20.9. The van der Waals surface area contributed by atoms with Crippen LogP contribution in [-0.2, 0) is 4.79 Å². The van der Waals surface area contributed by atoms with Gasteiger partial charge in [0.1, 0.15) is 0 Å². The fraction of sp³-hybridized carbons (Fsp3) is 0.0476. The monoisotopic (exact) mass is 498 g/mol. The van der Waals surface area contributed by atoms with Crippen molar-refractivity contribution >= 4 is 72.4 Å². The quantitative estimate of drug-likeness (QED) is 0.273. The van der Waals surface area contributed by atoms with Crippen LogP contribution in [0, 0.1) is 0 Å². The van der Waals surface area contributed by atoms with Crippen molar-refractivity contribution in [2.75, 3.05) is 16.4 Å². The molecule has 0 saturated carbocycles. The molecular formula is C21H15BrN4O2S2. The van der Waals surface area contributed by atoms with Crippen LogP contribution in [-0.4, -0.2) is 27.8 Å². The number of nitrogens with one attached hydrogen (secondary N) is 2. The maximum Gasteiger partial charge on any atom is 0.258 e. The summed E-state index contributed by atoms with van der Waals surface area (Å²) in [6.45, 7) is 0. The summed E-state index contributed by atoms with van der Waals surface area (Å²) in [5.41, 5.74) is 1.30. The van der Waals surface area contributed by atoms with E-state index in [4.69, 9.17) is 0 Å². The van der Waals surface area contributed by atoms with Crippen LogP contribution in [0.25, 0.3) is 10.8 Å². The molecule has 2 amide bonds. The lowest BCUT2D eigenvalue weighted by Crippen LogP contribution is -2.13. The molecule has 0 saturated heterocycles. The zero-order valence-electron chi connectivity index (χ0n) is 15.5. The molecule has 0 fully saturated rings. The number of aromatic nitrogens is 2. The molecule has 2 N–H and O–H groups in total. The summed E-state index contributed by atoms with van der Waals surface area (Å²) in [7, 11) is 0. The molecule has 150 valence electrons. The van der Waals surface area contributed by atoms with Crippen molar-refractivity contribution < 1.29 is 9.59 Å². The first-order valence-electron chi connectivity index (χ1n) is 8.89. The Hall–Kier alpha value is -2.75. The van der Waals surface area contributed by atoms with Gasteiger partial charge in [-0.15, -0.1) is 10.2 Å². The van der Waals surface area contributed by atoms with E-state index in [2.05, 4.69) is 36.8 Å². The third-order valence-electron chi connectivity index (χ3n) is 4.12. The number of amides is 2. The summed E-state index contributed by atoms with van der Waals surface area (Å²) < 4.78 is 1.55. The number of hydrogen-bond acceptors (Lipinski definition) is 6. The molecule has 4 rings (SSSR count). The summed E-state index contributed by atoms with van der Waals surface area (Å²) in [6.07, 6.45) is 0. The Morgan fingerprint density at radius 3 is 2.53 bits per heavy atom. The van der Waals surface area contributed by atoms with Gasteiger partial charge in [-0.1, -0.05) is 75.4 Å². The molecule has 0 aliphatic carbocycles. The highest BCUT2D eigenvalue weighted by molar-refractivity contribution is 9.10. The summed E-state index contributed by atoms with van der Waals surface area (Å²) in [4.78, 5) is 24.8. The van der Waals surface area contributed by atoms with E-state index in [1.54, 1.807) is 6.07 Å². The number of fused-ring (bicyclic) bond motifs is 1. The van der Waals surface area contributed by atoms with Gasteiger partial charge in [-0.2, -0.15) is 0 Å². The number of carbonyl (C=O) groups is 2. The van der Waals surface area contributed by atoms with E-state index in [9.17, 15) is 9.59 Å². The Bertz CT molecular complexity index is 1210. The van der Waals surface area contributed by atoms with Gasteiger partial charge in [0.25, 0.3) is 5.91 Å². The Morgan fingerprint density at radius 1 is 0.933 bits per heavy atom. The zero-order valence-corrected chi connectivity index (χ0v) is 18.7. The summed E-state index contributed by atoms with van der Waals surface area (Å²) in [6, 6.07) is 20.7. The second-order valence-corrected chi connectivity index (χ2v) is 9.31. The summed E-state index contributed by atoms with van der Waals surface area (Å²) >= 11 is 5.86. The number of carbonyl (C=O) groups excluding carboxylic acids is 2. The van der Waals surface area contributed by atoms with Crippen LogP contribution in [0.3, 0.4) is 0 Å². The largest absolute Gasteiger partial charge is 0.325 e. The van der Waals surface area contributed by atoms with Crippen LogP contribution in [0.2, 0.25) is 0 Å². The van der Waals surface area contributed by atoms with Gasteiger partial charge in [-0.3, -0.25) is 14.9 Å². The van der Waals surface area contributed by atoms with E-state index in [1.807, 2.05) is 60.7 Å². The number of hydrogen-bond donors (Lipinski definition) is 2. The van der Waals surface area contributed by atoms with Gasteiger partial charge in [-0.25, -0.2) is 0 Å². The molecule has 4 aromatic rings. The first-order valence-corrected chi connectivity index (χ1v) is 11.5. The van der Waals surface area contributed by atoms with Gasteiger partial charge in [0, 0.05) is 15.7 Å². The van der Waals surface area contributed by atoms with E-state index < -0.39 is 0 Å². The third kappa shape index (κ3) is 5.05. The topological polar surface area (TPSA) is 84.0 Å². The van der Waals surface area contributed by atoms with E-state index in [0.717, 1.165) is 20.9 Å². The molecule has 6 nitrogen and oxygen atoms in total. The fourth-order valence-corrected chi connectivity index (χ4v) is 4.58. The highest BCUT2D eigenvalue weighted by Gasteiger charge is 2.14. The van der Waals surface area contributed by atoms with Crippen molar-refractivity contribution in [3.8, 4) is 0 Å². The molecule has 9 heteroatoms. The van der Waals surface area contributed by atoms with Crippen molar-refractivity contribution in [1.29, 1.82) is 0 Å². The highest BCUT2D eigenvalue weighted by atomic mass is 79.9. The summed E-state index contributed by atoms with van der Waals surface area (Å²) in [5.74, 6) is -0.187. The molecule has 0 radical (unpaired) electrons. The molecule has 30 heavy (non-hydrogen) atoms. The lowest BCUT2D eigenvalue weighted by Gasteiger charge is -2.05. The van der Waals surface area contributed by atoms with Crippen LogP contribution in [0.1, 0.15) is 10.4 Å². The van der Waals surface area contributed by atoms with Crippen molar-refractivity contribution in [3.05, 3.63) is 76.8 Å². The van der Waals surface area contributed by atoms with Gasteiger partial charge in [-0.05, 0) is 41.1 Å². The number of thioether (sulfide) groups is 1. The molecule has 0 spiro atoms. The molecule has 0 atom stereocenters. The van der Waals surface area contributed by atoms with E-state index in [0.29, 0.717) is 15.0 Å². The molecule has 0 unspecified atom stereocenters. The Labute approximate surface area is 189 Å². The lowest BCUT2D eigenvalue weighted by molar-refractivity contribution is -0.113. The highest BCUT2D eigenvalue weighted by Crippen LogP contribution is 2.27. The molecule has 0 bridgehead atoms. The maximum atomic E-state index is 12.7. The van der Waals surface area contributed by atoms with E-state index in [-0.39, 0.29) is 17.6 Å². The van der Waals surface area contributed by atoms with E-state index >= 15 is 0 Å². The first-order chi connectivity index (χ1) is 14.6. The van der Waals surface area contributed by atoms with Gasteiger partial charge in [0.15, 0.2) is 4.34 Å². The van der Waals surface area contributed by atoms with Crippen molar-refractivity contribution in [1.82, 2.24) is 10.2 Å². The molecule has 1 heterocycles. The van der Waals surface area contributed by atoms with Crippen molar-refractivity contribution in [2.24, 2.45) is 0 Å². The fourth-order valence-electron chi connectivity index (χ4n) is 2.76. The van der Waals surface area contributed by atoms with Crippen LogP contribution in [0.5, 0.6) is 0 Å². The standard InChI is InChI=1S/C21H15BrN4O2S2/c22-14-8-10-15(11-9-14)23-18(27)12-29-21-26-25-20(30-21)24-19(28)17-7-3-5-13-4-1-2-6-16(13)17/h1-11H,12H2,(H,23,27)(H,24,25,28). The molecular weight excluding hydrogens is 484 g/mol. The van der Waals surface area contributed by atoms with E-state index in [1.165, 1.54) is 23.1 Å². The molecule has 3 aromatic carbocycles. The normalized spacial score (nSPS) is 10.7. The van der Waals surface area contributed by atoms with Crippen molar-refractivity contribution in [2.45, 2.75) is 4.34 Å². The van der Waals surface area contributed by atoms with Gasteiger partial charge in [0.05, 0.1) is 5.75 Å². The predicted molar refractivity (Wildman–Crippen MR) is 125 cm³/mol. The Kier molecular flexibility index (Phi) is 6.41. The van der Waals surface area contributed by atoms with Gasteiger partial charge >= 0.3 is 0 Å². The second kappa shape index (κ2) is 9.38. The van der Waals surface area contributed by atoms with Gasteiger partial charge in [0.2, 0.25) is 11.0 Å². The average molecular weight is 499 g/mol. The maximum absolute atomic E-state index is 12.7. The number of nitrogens with zero attached hydrogens (tertiary/aromatic N) is 2. The number of rotatable bonds is 6. The van der Waals surface area contributed by atoms with Crippen LogP contribution < -0.4 is 10.6 Å². The Morgan fingerprint density at radius 2 is 1.70 bits per heavy atom. The molecule has 0 aliphatic heterocycles. The number of benzene rings is 3. The van der Waals surface area contributed by atoms with Crippen LogP contribution in [0.4, 0.5) is 10.8 Å². The van der Waals surface area contributed by atoms with Crippen LogP contribution in [0.15, 0.2) is 75.5 Å². The smallest absolute Gasteiger partial charge is 0.258 e. The Balaban J connectivity index is 1.35.